The van der Waals surface area contributed by atoms with Gasteiger partial charge in [0.05, 0.1) is 24.9 Å². The number of carbonyl (C=O) groups excluding carboxylic acids is 1. The summed E-state index contributed by atoms with van der Waals surface area (Å²) < 4.78 is 4.80. The molecule has 182 valence electrons. The molecule has 0 aromatic rings. The average molecular weight is 453 g/mol. The third kappa shape index (κ3) is 18.7. The van der Waals surface area contributed by atoms with Crippen molar-refractivity contribution < 1.29 is 35.1 Å². The first-order valence-electron chi connectivity index (χ1n) is 11.2. The molecule has 0 aliphatic carbocycles. The molecule has 0 aliphatic heterocycles. The first-order chi connectivity index (χ1) is 15.4. The number of aliphatic hydroxyl groups is 5. The molecule has 0 bridgehead atoms. The summed E-state index contributed by atoms with van der Waals surface area (Å²) in [4.78, 5) is 11.4. The van der Waals surface area contributed by atoms with E-state index in [1.54, 1.807) is 42.5 Å². The summed E-state index contributed by atoms with van der Waals surface area (Å²) in [5.74, 6) is -0.433. The van der Waals surface area contributed by atoms with Gasteiger partial charge in [0.1, 0.15) is 12.7 Å². The molecule has 0 saturated carbocycles. The first kappa shape index (κ1) is 30.0. The Bertz CT molecular complexity index is 607. The minimum Gasteiger partial charge on any atom is -0.463 e. The van der Waals surface area contributed by atoms with Gasteiger partial charge in [-0.1, -0.05) is 80.5 Å². The Hall–Kier alpha value is -2.03. The Labute approximate surface area is 191 Å². The van der Waals surface area contributed by atoms with Crippen LogP contribution in [0.1, 0.15) is 51.9 Å². The van der Waals surface area contributed by atoms with Crippen LogP contribution >= 0.6 is 0 Å². The van der Waals surface area contributed by atoms with Crippen molar-refractivity contribution in [3.63, 3.8) is 0 Å². The summed E-state index contributed by atoms with van der Waals surface area (Å²) in [7, 11) is 0. The Balaban J connectivity index is 3.94. The zero-order valence-corrected chi connectivity index (χ0v) is 19.0. The summed E-state index contributed by atoms with van der Waals surface area (Å²) in [6.45, 7) is 1.38. The van der Waals surface area contributed by atoms with Crippen molar-refractivity contribution in [2.45, 2.75) is 76.3 Å². The molecule has 0 rings (SSSR count). The predicted octanol–water partition coefficient (Wildman–Crippen LogP) is 2.50. The fourth-order valence-electron chi connectivity index (χ4n) is 2.52. The van der Waals surface area contributed by atoms with Gasteiger partial charge in [0.2, 0.25) is 0 Å². The largest absolute Gasteiger partial charge is 0.463 e. The van der Waals surface area contributed by atoms with Crippen LogP contribution < -0.4 is 0 Å². The highest BCUT2D eigenvalue weighted by Gasteiger charge is 2.12. The summed E-state index contributed by atoms with van der Waals surface area (Å²) in [6, 6.07) is 0. The number of allylic oxidation sites excluding steroid dienone is 7. The molecule has 0 spiro atoms. The van der Waals surface area contributed by atoms with Crippen LogP contribution in [0.5, 0.6) is 0 Å². The Kier molecular flexibility index (Phi) is 19.5. The van der Waals surface area contributed by atoms with Crippen molar-refractivity contribution >= 4 is 5.97 Å². The van der Waals surface area contributed by atoms with Gasteiger partial charge >= 0.3 is 5.97 Å². The van der Waals surface area contributed by atoms with E-state index in [1.807, 2.05) is 19.1 Å². The maximum absolute atomic E-state index is 11.4. The molecule has 4 atom stereocenters. The number of hydrogen-bond acceptors (Lipinski definition) is 7. The SMILES string of the molecule is CCC=CCC(O)C=CC=CC=CC=CC(O)C(O)CCCCCC(=O)OCC(O)CO. The van der Waals surface area contributed by atoms with E-state index in [0.717, 1.165) is 6.42 Å². The molecule has 5 N–H and O–H groups in total. The fourth-order valence-corrected chi connectivity index (χ4v) is 2.52. The molecule has 0 fully saturated rings. The van der Waals surface area contributed by atoms with Crippen LogP contribution in [0.25, 0.3) is 0 Å². The molecule has 0 aliphatic rings. The van der Waals surface area contributed by atoms with Crippen LogP contribution in [0, 0.1) is 0 Å². The summed E-state index contributed by atoms with van der Waals surface area (Å²) in [5, 5.41) is 47.4. The van der Waals surface area contributed by atoms with Gasteiger partial charge in [-0.3, -0.25) is 4.79 Å². The van der Waals surface area contributed by atoms with Crippen LogP contribution in [-0.2, 0) is 9.53 Å². The van der Waals surface area contributed by atoms with Crippen LogP contribution in [0.2, 0.25) is 0 Å². The highest BCUT2D eigenvalue weighted by molar-refractivity contribution is 5.69. The van der Waals surface area contributed by atoms with E-state index in [4.69, 9.17) is 14.9 Å². The van der Waals surface area contributed by atoms with E-state index < -0.39 is 37.0 Å². The van der Waals surface area contributed by atoms with Crippen molar-refractivity contribution in [3.05, 3.63) is 60.8 Å². The Morgan fingerprint density at radius 1 is 0.875 bits per heavy atom. The normalized spacial score (nSPS) is 16.6. The number of hydrogen-bond donors (Lipinski definition) is 5. The molecule has 0 amide bonds. The fraction of sp³-hybridized carbons (Fsp3) is 0.560. The number of esters is 1. The van der Waals surface area contributed by atoms with E-state index in [-0.39, 0.29) is 13.0 Å². The van der Waals surface area contributed by atoms with E-state index in [9.17, 15) is 20.1 Å². The van der Waals surface area contributed by atoms with Gasteiger partial charge in [0, 0.05) is 6.42 Å². The highest BCUT2D eigenvalue weighted by Crippen LogP contribution is 2.10. The molecular weight excluding hydrogens is 412 g/mol. The second-order valence-corrected chi connectivity index (χ2v) is 7.40. The lowest BCUT2D eigenvalue weighted by atomic mass is 10.0. The quantitative estimate of drug-likeness (QED) is 0.0936. The maximum Gasteiger partial charge on any atom is 0.305 e. The minimum atomic E-state index is -1.05. The van der Waals surface area contributed by atoms with E-state index >= 15 is 0 Å². The standard InChI is InChI=1S/C25H40O7/c1-2-3-9-14-21(27)15-10-6-4-5-7-11-16-23(29)24(30)17-12-8-13-18-25(31)32-20-22(28)19-26/h3-7,9-11,15-16,21-24,26-30H,2,8,12-14,17-20H2,1H3. The topological polar surface area (TPSA) is 127 Å². The van der Waals surface area contributed by atoms with Crippen molar-refractivity contribution in [2.24, 2.45) is 0 Å². The molecule has 0 aromatic heterocycles. The number of unbranched alkanes of at least 4 members (excludes halogenated alkanes) is 2. The van der Waals surface area contributed by atoms with E-state index in [2.05, 4.69) is 0 Å². The van der Waals surface area contributed by atoms with Crippen LogP contribution in [0.4, 0.5) is 0 Å². The second kappa shape index (κ2) is 20.8. The van der Waals surface area contributed by atoms with Gasteiger partial charge in [-0.05, 0) is 25.7 Å². The minimum absolute atomic E-state index is 0.207. The van der Waals surface area contributed by atoms with Crippen molar-refractivity contribution in [1.82, 2.24) is 0 Å². The van der Waals surface area contributed by atoms with Crippen LogP contribution in [0.3, 0.4) is 0 Å². The molecule has 0 aromatic carbocycles. The molecule has 0 saturated heterocycles. The third-order valence-corrected chi connectivity index (χ3v) is 4.40. The molecular formula is C25H40O7. The molecule has 7 heteroatoms. The number of aliphatic hydroxyl groups excluding tert-OH is 5. The zero-order chi connectivity index (χ0) is 24.0. The van der Waals surface area contributed by atoms with Crippen molar-refractivity contribution in [3.8, 4) is 0 Å². The van der Waals surface area contributed by atoms with E-state index in [0.29, 0.717) is 32.1 Å². The van der Waals surface area contributed by atoms with Gasteiger partial charge in [-0.25, -0.2) is 0 Å². The Morgan fingerprint density at radius 3 is 2.19 bits per heavy atom. The molecule has 0 radical (unpaired) electrons. The summed E-state index contributed by atoms with van der Waals surface area (Å²) >= 11 is 0. The van der Waals surface area contributed by atoms with E-state index in [1.165, 1.54) is 6.08 Å². The smallest absolute Gasteiger partial charge is 0.305 e. The van der Waals surface area contributed by atoms with Crippen LogP contribution in [0.15, 0.2) is 60.8 Å². The lowest BCUT2D eigenvalue weighted by molar-refractivity contribution is -0.147. The second-order valence-electron chi connectivity index (χ2n) is 7.40. The lowest BCUT2D eigenvalue weighted by Crippen LogP contribution is -2.23. The molecule has 7 nitrogen and oxygen atoms in total. The third-order valence-electron chi connectivity index (χ3n) is 4.40. The number of carbonyl (C=O) groups is 1. The molecule has 0 heterocycles. The molecule has 4 unspecified atom stereocenters. The van der Waals surface area contributed by atoms with Crippen molar-refractivity contribution in [1.29, 1.82) is 0 Å². The van der Waals surface area contributed by atoms with Crippen molar-refractivity contribution in [2.75, 3.05) is 13.2 Å². The average Bonchev–Trinajstić information content (AvgIpc) is 2.78. The lowest BCUT2D eigenvalue weighted by Gasteiger charge is -2.14. The highest BCUT2D eigenvalue weighted by atomic mass is 16.5. The summed E-state index contributed by atoms with van der Waals surface area (Å²) in [5.41, 5.74) is 0. The zero-order valence-electron chi connectivity index (χ0n) is 19.0. The number of ether oxygens (including phenoxy) is 1. The predicted molar refractivity (Wildman–Crippen MR) is 126 cm³/mol. The Morgan fingerprint density at radius 2 is 1.53 bits per heavy atom. The number of rotatable bonds is 18. The monoisotopic (exact) mass is 452 g/mol. The van der Waals surface area contributed by atoms with Gasteiger partial charge in [0.25, 0.3) is 0 Å². The maximum atomic E-state index is 11.4. The van der Waals surface area contributed by atoms with Gasteiger partial charge in [0.15, 0.2) is 0 Å². The van der Waals surface area contributed by atoms with Gasteiger partial charge < -0.3 is 30.3 Å². The van der Waals surface area contributed by atoms with Crippen LogP contribution in [-0.4, -0.2) is 69.1 Å². The summed E-state index contributed by atoms with van der Waals surface area (Å²) in [6.07, 6.45) is 18.4. The molecule has 32 heavy (non-hydrogen) atoms. The van der Waals surface area contributed by atoms with Gasteiger partial charge in [-0.15, -0.1) is 0 Å². The first-order valence-corrected chi connectivity index (χ1v) is 11.2. The van der Waals surface area contributed by atoms with Gasteiger partial charge in [-0.2, -0.15) is 0 Å².